The number of carbonyl (C=O) groups is 1. The van der Waals surface area contributed by atoms with Gasteiger partial charge < -0.3 is 10.8 Å². The first-order valence-electron chi connectivity index (χ1n) is 4.03. The first kappa shape index (κ1) is 12.1. The Morgan fingerprint density at radius 3 is 2.60 bits per heavy atom. The van der Waals surface area contributed by atoms with Gasteiger partial charge in [0, 0.05) is 11.6 Å². The van der Waals surface area contributed by atoms with Crippen LogP contribution in [0.3, 0.4) is 0 Å². The topological polar surface area (TPSA) is 63.3 Å². The molecule has 1 aromatic carbocycles. The number of rotatable bonds is 3. The number of benzene rings is 1. The van der Waals surface area contributed by atoms with Crippen LogP contribution < -0.4 is 5.73 Å². The van der Waals surface area contributed by atoms with Gasteiger partial charge in [-0.05, 0) is 28.1 Å². The normalized spacial score (nSPS) is 12.5. The molecule has 0 radical (unpaired) electrons. The predicted octanol–water partition coefficient (Wildman–Crippen LogP) is 2.20. The molecule has 1 unspecified atom stereocenters. The van der Waals surface area contributed by atoms with Crippen molar-refractivity contribution in [1.82, 2.24) is 0 Å². The van der Waals surface area contributed by atoms with E-state index in [9.17, 15) is 13.6 Å². The molecule has 0 fully saturated rings. The number of hydrogen-bond acceptors (Lipinski definition) is 2. The van der Waals surface area contributed by atoms with Gasteiger partial charge in [-0.15, -0.1) is 0 Å². The van der Waals surface area contributed by atoms with E-state index in [2.05, 4.69) is 15.9 Å². The van der Waals surface area contributed by atoms with E-state index in [1.165, 1.54) is 0 Å². The van der Waals surface area contributed by atoms with E-state index in [0.717, 1.165) is 12.1 Å². The highest BCUT2D eigenvalue weighted by molar-refractivity contribution is 9.10. The number of carboxylic acid groups (broad SMARTS) is 1. The van der Waals surface area contributed by atoms with Gasteiger partial charge in [0.1, 0.15) is 11.6 Å². The van der Waals surface area contributed by atoms with Crippen molar-refractivity contribution < 1.29 is 18.7 Å². The summed E-state index contributed by atoms with van der Waals surface area (Å²) >= 11 is 2.81. The van der Waals surface area contributed by atoms with Crippen LogP contribution in [0.15, 0.2) is 16.6 Å². The van der Waals surface area contributed by atoms with Gasteiger partial charge in [0.25, 0.3) is 0 Å². The molecule has 0 heterocycles. The molecular formula is C9H8BrF2NO2. The summed E-state index contributed by atoms with van der Waals surface area (Å²) in [6, 6.07) is 0.768. The number of halogens is 3. The van der Waals surface area contributed by atoms with Crippen molar-refractivity contribution >= 4 is 21.9 Å². The molecule has 1 atom stereocenters. The summed E-state index contributed by atoms with van der Waals surface area (Å²) in [5.74, 6) is -2.56. The van der Waals surface area contributed by atoms with Crippen molar-refractivity contribution in [1.29, 1.82) is 0 Å². The van der Waals surface area contributed by atoms with E-state index in [-0.39, 0.29) is 10.0 Å². The maximum absolute atomic E-state index is 13.3. The zero-order valence-corrected chi connectivity index (χ0v) is 9.09. The summed E-state index contributed by atoms with van der Waals surface area (Å²) < 4.78 is 26.3. The van der Waals surface area contributed by atoms with Crippen molar-refractivity contribution in [3.63, 3.8) is 0 Å². The average molecular weight is 280 g/mol. The molecule has 3 N–H and O–H groups in total. The Balaban J connectivity index is 3.03. The summed E-state index contributed by atoms with van der Waals surface area (Å²) in [6.07, 6.45) is -0.446. The molecule has 6 heteroatoms. The summed E-state index contributed by atoms with van der Waals surface area (Å²) in [7, 11) is 0. The minimum atomic E-state index is -1.16. The van der Waals surface area contributed by atoms with Crippen LogP contribution in [0.4, 0.5) is 8.78 Å². The zero-order chi connectivity index (χ0) is 11.6. The van der Waals surface area contributed by atoms with Gasteiger partial charge in [0.05, 0.1) is 10.9 Å². The lowest BCUT2D eigenvalue weighted by Crippen LogP contribution is -2.16. The third-order valence-corrected chi connectivity index (χ3v) is 2.44. The second-order valence-electron chi connectivity index (χ2n) is 2.99. The quantitative estimate of drug-likeness (QED) is 0.834. The van der Waals surface area contributed by atoms with E-state index in [1.807, 2.05) is 0 Å². The summed E-state index contributed by atoms with van der Waals surface area (Å²) in [4.78, 5) is 10.3. The Labute approximate surface area is 93.0 Å². The Morgan fingerprint density at radius 1 is 1.47 bits per heavy atom. The minimum absolute atomic E-state index is 0.0220. The lowest BCUT2D eigenvalue weighted by molar-refractivity contribution is -0.137. The van der Waals surface area contributed by atoms with E-state index in [1.54, 1.807) is 0 Å². The molecule has 15 heavy (non-hydrogen) atoms. The second-order valence-corrected chi connectivity index (χ2v) is 3.85. The second kappa shape index (κ2) is 4.67. The monoisotopic (exact) mass is 279 g/mol. The highest BCUT2D eigenvalue weighted by Crippen LogP contribution is 2.24. The first-order chi connectivity index (χ1) is 6.91. The fourth-order valence-corrected chi connectivity index (χ4v) is 1.44. The minimum Gasteiger partial charge on any atom is -0.481 e. The fourth-order valence-electron chi connectivity index (χ4n) is 1.12. The average Bonchev–Trinajstić information content (AvgIpc) is 2.09. The molecule has 0 saturated heterocycles. The van der Waals surface area contributed by atoms with Gasteiger partial charge in [-0.2, -0.15) is 0 Å². The van der Waals surface area contributed by atoms with Crippen LogP contribution in [0, 0.1) is 11.6 Å². The molecule has 0 saturated carbocycles. The molecular weight excluding hydrogens is 272 g/mol. The molecule has 1 aromatic rings. The molecule has 1 rings (SSSR count). The SMILES string of the molecule is NC(CC(=O)O)c1cc(F)c(Br)cc1F. The smallest absolute Gasteiger partial charge is 0.305 e. The molecule has 0 aliphatic rings. The Kier molecular flexibility index (Phi) is 3.76. The fraction of sp³-hybridized carbons (Fsp3) is 0.222. The summed E-state index contributed by atoms with van der Waals surface area (Å²) in [6.45, 7) is 0. The van der Waals surface area contributed by atoms with Gasteiger partial charge >= 0.3 is 5.97 Å². The Morgan fingerprint density at radius 2 is 2.07 bits per heavy atom. The van der Waals surface area contributed by atoms with Crippen molar-refractivity contribution in [2.75, 3.05) is 0 Å². The first-order valence-corrected chi connectivity index (χ1v) is 4.83. The molecule has 0 aromatic heterocycles. The highest BCUT2D eigenvalue weighted by atomic mass is 79.9. The van der Waals surface area contributed by atoms with Gasteiger partial charge in [0.2, 0.25) is 0 Å². The van der Waals surface area contributed by atoms with Crippen LogP contribution >= 0.6 is 15.9 Å². The van der Waals surface area contributed by atoms with Crippen molar-refractivity contribution in [3.8, 4) is 0 Å². The van der Waals surface area contributed by atoms with Crippen LogP contribution in [0.25, 0.3) is 0 Å². The van der Waals surface area contributed by atoms with Crippen LogP contribution in [0.2, 0.25) is 0 Å². The van der Waals surface area contributed by atoms with Gasteiger partial charge in [-0.25, -0.2) is 8.78 Å². The van der Waals surface area contributed by atoms with Gasteiger partial charge in [0.15, 0.2) is 0 Å². The van der Waals surface area contributed by atoms with Crippen molar-refractivity contribution in [2.24, 2.45) is 5.73 Å². The molecule has 3 nitrogen and oxygen atoms in total. The Bertz CT molecular complexity index is 398. The van der Waals surface area contributed by atoms with E-state index >= 15 is 0 Å². The van der Waals surface area contributed by atoms with Crippen LogP contribution in [0.5, 0.6) is 0 Å². The number of aliphatic carboxylic acids is 1. The number of carboxylic acids is 1. The van der Waals surface area contributed by atoms with E-state index < -0.39 is 30.1 Å². The zero-order valence-electron chi connectivity index (χ0n) is 7.51. The Hall–Kier alpha value is -1.01. The van der Waals surface area contributed by atoms with Crippen molar-refractivity contribution in [3.05, 3.63) is 33.8 Å². The molecule has 0 aliphatic heterocycles. The number of nitrogens with two attached hydrogens (primary N) is 1. The lowest BCUT2D eigenvalue weighted by Gasteiger charge is -2.11. The molecule has 0 spiro atoms. The highest BCUT2D eigenvalue weighted by Gasteiger charge is 2.17. The lowest BCUT2D eigenvalue weighted by atomic mass is 10.0. The molecule has 0 amide bonds. The van der Waals surface area contributed by atoms with Crippen molar-refractivity contribution in [2.45, 2.75) is 12.5 Å². The largest absolute Gasteiger partial charge is 0.481 e. The molecule has 0 bridgehead atoms. The van der Waals surface area contributed by atoms with Gasteiger partial charge in [-0.1, -0.05) is 0 Å². The molecule has 0 aliphatic carbocycles. The van der Waals surface area contributed by atoms with Crippen LogP contribution in [0.1, 0.15) is 18.0 Å². The maximum atomic E-state index is 13.3. The van der Waals surface area contributed by atoms with E-state index in [0.29, 0.717) is 0 Å². The summed E-state index contributed by atoms with van der Waals surface area (Å²) in [5, 5.41) is 8.45. The number of hydrogen-bond donors (Lipinski definition) is 2. The third kappa shape index (κ3) is 2.97. The van der Waals surface area contributed by atoms with Crippen LogP contribution in [-0.4, -0.2) is 11.1 Å². The standard InChI is InChI=1S/C9H8BrF2NO2/c10-5-2-6(11)4(1-7(5)12)8(13)3-9(14)15/h1-2,8H,3,13H2,(H,14,15). The predicted molar refractivity (Wildman–Crippen MR) is 53.2 cm³/mol. The van der Waals surface area contributed by atoms with Gasteiger partial charge in [-0.3, -0.25) is 4.79 Å². The summed E-state index contributed by atoms with van der Waals surface area (Å²) in [5.41, 5.74) is 5.27. The maximum Gasteiger partial charge on any atom is 0.305 e. The van der Waals surface area contributed by atoms with Crippen LogP contribution in [-0.2, 0) is 4.79 Å². The van der Waals surface area contributed by atoms with E-state index in [4.69, 9.17) is 10.8 Å². The molecule has 82 valence electrons. The third-order valence-electron chi connectivity index (χ3n) is 1.83.